The van der Waals surface area contributed by atoms with Crippen molar-refractivity contribution >= 4 is 11.8 Å². The highest BCUT2D eigenvalue weighted by Crippen LogP contribution is 2.34. The molecule has 0 spiro atoms. The Kier molecular flexibility index (Phi) is 13.3. The monoisotopic (exact) mass is 366 g/mol. The van der Waals surface area contributed by atoms with Gasteiger partial charge in [0, 0.05) is 12.8 Å². The summed E-state index contributed by atoms with van der Waals surface area (Å²) in [6.45, 7) is 0. The number of carbonyl (C=O) groups excluding carboxylic acids is 2. The van der Waals surface area contributed by atoms with Gasteiger partial charge in [-0.2, -0.15) is 0 Å². The lowest BCUT2D eigenvalue weighted by atomic mass is 9.78. The van der Waals surface area contributed by atoms with Gasteiger partial charge in [-0.25, -0.2) is 0 Å². The predicted octanol–water partition coefficient (Wildman–Crippen LogP) is 5.22. The predicted molar refractivity (Wildman–Crippen MR) is 108 cm³/mol. The van der Waals surface area contributed by atoms with Crippen molar-refractivity contribution in [3.63, 3.8) is 0 Å². The van der Waals surface area contributed by atoms with E-state index in [1.807, 2.05) is 0 Å². The summed E-state index contributed by atoms with van der Waals surface area (Å²) in [6.07, 6.45) is 21.7. The molecule has 1 fully saturated rings. The zero-order chi connectivity index (χ0) is 19.0. The van der Waals surface area contributed by atoms with Crippen LogP contribution in [-0.2, 0) is 9.59 Å². The van der Waals surface area contributed by atoms with Crippen molar-refractivity contribution in [3.05, 3.63) is 0 Å². The van der Waals surface area contributed by atoms with E-state index >= 15 is 0 Å². The molecule has 0 unspecified atom stereocenters. The van der Waals surface area contributed by atoms with Crippen molar-refractivity contribution in [3.8, 4) is 0 Å². The maximum absolute atomic E-state index is 10.7. The summed E-state index contributed by atoms with van der Waals surface area (Å²) in [4.78, 5) is 21.4. The number of carbonyl (C=O) groups is 2. The van der Waals surface area contributed by atoms with E-state index < -0.39 is 0 Å². The summed E-state index contributed by atoms with van der Waals surface area (Å²) in [5.41, 5.74) is 10.3. The van der Waals surface area contributed by atoms with Crippen LogP contribution in [0.2, 0.25) is 0 Å². The molecule has 0 atom stereocenters. The van der Waals surface area contributed by atoms with E-state index in [4.69, 9.17) is 11.5 Å². The molecule has 1 rings (SSSR count). The highest BCUT2D eigenvalue weighted by atomic mass is 16.1. The van der Waals surface area contributed by atoms with Crippen molar-refractivity contribution < 1.29 is 9.59 Å². The molecule has 26 heavy (non-hydrogen) atoms. The van der Waals surface area contributed by atoms with Crippen LogP contribution in [0, 0.1) is 11.8 Å². The van der Waals surface area contributed by atoms with Crippen LogP contribution in [0.3, 0.4) is 0 Å². The number of hydrogen-bond donors (Lipinski definition) is 2. The van der Waals surface area contributed by atoms with Crippen LogP contribution in [0.25, 0.3) is 0 Å². The molecule has 0 radical (unpaired) electrons. The molecular weight excluding hydrogens is 324 g/mol. The number of amides is 2. The molecule has 0 heterocycles. The summed E-state index contributed by atoms with van der Waals surface area (Å²) in [6, 6.07) is 0. The maximum atomic E-state index is 10.7. The summed E-state index contributed by atoms with van der Waals surface area (Å²) in [5.74, 6) is 1.60. The first-order chi connectivity index (χ1) is 12.6. The minimum Gasteiger partial charge on any atom is -0.370 e. The van der Waals surface area contributed by atoms with Crippen molar-refractivity contribution in [2.24, 2.45) is 23.3 Å². The summed E-state index contributed by atoms with van der Waals surface area (Å²) in [5, 5.41) is 0. The maximum Gasteiger partial charge on any atom is 0.217 e. The molecule has 152 valence electrons. The highest BCUT2D eigenvalue weighted by molar-refractivity contribution is 5.73. The molecule has 0 aliphatic heterocycles. The lowest BCUT2D eigenvalue weighted by Crippen LogP contribution is -2.14. The second-order valence-electron chi connectivity index (χ2n) is 8.43. The lowest BCUT2D eigenvalue weighted by Gasteiger charge is -2.28. The molecule has 1 saturated carbocycles. The topological polar surface area (TPSA) is 86.2 Å². The average molecular weight is 367 g/mol. The molecule has 0 aromatic heterocycles. The molecule has 0 bridgehead atoms. The molecule has 4 N–H and O–H groups in total. The van der Waals surface area contributed by atoms with Gasteiger partial charge in [-0.05, 0) is 24.7 Å². The number of unbranched alkanes of at least 4 members (excludes halogenated alkanes) is 8. The van der Waals surface area contributed by atoms with Crippen LogP contribution < -0.4 is 11.5 Å². The van der Waals surface area contributed by atoms with Gasteiger partial charge in [-0.1, -0.05) is 89.9 Å². The fourth-order valence-electron chi connectivity index (χ4n) is 4.33. The standard InChI is InChI=1S/C22H42N2O2/c23-21(25)13-9-5-1-3-7-11-19-15-17-20(18-16-19)12-8-4-2-6-10-14-22(24)26/h19-20H,1-18H2,(H2,23,25)(H2,24,26)/t19-,20-. The molecule has 1 aliphatic carbocycles. The average Bonchev–Trinajstić information content (AvgIpc) is 2.60. The number of hydrogen-bond acceptors (Lipinski definition) is 2. The number of rotatable bonds is 16. The lowest BCUT2D eigenvalue weighted by molar-refractivity contribution is -0.119. The van der Waals surface area contributed by atoms with Crippen LogP contribution in [0.5, 0.6) is 0 Å². The van der Waals surface area contributed by atoms with E-state index in [-0.39, 0.29) is 11.8 Å². The fourth-order valence-corrected chi connectivity index (χ4v) is 4.33. The molecule has 0 aromatic carbocycles. The molecule has 2 amide bonds. The Hall–Kier alpha value is -1.06. The Bertz CT molecular complexity index is 340. The van der Waals surface area contributed by atoms with Crippen molar-refractivity contribution in [2.45, 2.75) is 116 Å². The van der Waals surface area contributed by atoms with E-state index in [0.29, 0.717) is 12.8 Å². The minimum absolute atomic E-state index is 0.162. The SMILES string of the molecule is NC(=O)CCCCCCC[C@H]1CC[C@H](CCCCCCCC(N)=O)CC1. The second kappa shape index (κ2) is 15.0. The van der Waals surface area contributed by atoms with Gasteiger partial charge in [-0.3, -0.25) is 9.59 Å². The van der Waals surface area contributed by atoms with Crippen LogP contribution in [0.1, 0.15) is 116 Å². The van der Waals surface area contributed by atoms with Gasteiger partial charge in [0.2, 0.25) is 11.8 Å². The van der Waals surface area contributed by atoms with Gasteiger partial charge >= 0.3 is 0 Å². The highest BCUT2D eigenvalue weighted by Gasteiger charge is 2.20. The van der Waals surface area contributed by atoms with E-state index in [1.54, 1.807) is 0 Å². The molecule has 4 nitrogen and oxygen atoms in total. The Labute approximate surface area is 160 Å². The Balaban J connectivity index is 1.87. The van der Waals surface area contributed by atoms with Gasteiger partial charge in [0.25, 0.3) is 0 Å². The largest absolute Gasteiger partial charge is 0.370 e. The Morgan fingerprint density at radius 1 is 0.538 bits per heavy atom. The van der Waals surface area contributed by atoms with Crippen LogP contribution >= 0.6 is 0 Å². The molecule has 4 heteroatoms. The summed E-state index contributed by atoms with van der Waals surface area (Å²) < 4.78 is 0. The first kappa shape index (κ1) is 23.0. The molecule has 0 saturated heterocycles. The van der Waals surface area contributed by atoms with Gasteiger partial charge in [0.1, 0.15) is 0 Å². The van der Waals surface area contributed by atoms with Crippen molar-refractivity contribution in [1.29, 1.82) is 0 Å². The van der Waals surface area contributed by atoms with Gasteiger partial charge in [-0.15, -0.1) is 0 Å². The Morgan fingerprint density at radius 2 is 0.846 bits per heavy atom. The third kappa shape index (κ3) is 13.2. The number of primary amides is 2. The first-order valence-electron chi connectivity index (χ1n) is 11.1. The minimum atomic E-state index is -0.162. The summed E-state index contributed by atoms with van der Waals surface area (Å²) >= 11 is 0. The van der Waals surface area contributed by atoms with Gasteiger partial charge in [0.15, 0.2) is 0 Å². The zero-order valence-electron chi connectivity index (χ0n) is 16.9. The second-order valence-corrected chi connectivity index (χ2v) is 8.43. The van der Waals surface area contributed by atoms with E-state index in [9.17, 15) is 9.59 Å². The van der Waals surface area contributed by atoms with Crippen LogP contribution in [-0.4, -0.2) is 11.8 Å². The first-order valence-corrected chi connectivity index (χ1v) is 11.1. The van der Waals surface area contributed by atoms with Crippen LogP contribution in [0.15, 0.2) is 0 Å². The molecule has 1 aliphatic rings. The van der Waals surface area contributed by atoms with Crippen molar-refractivity contribution in [2.75, 3.05) is 0 Å². The molecule has 0 aromatic rings. The van der Waals surface area contributed by atoms with E-state index in [0.717, 1.165) is 37.5 Å². The van der Waals surface area contributed by atoms with Gasteiger partial charge in [0.05, 0.1) is 0 Å². The van der Waals surface area contributed by atoms with Crippen molar-refractivity contribution in [1.82, 2.24) is 0 Å². The smallest absolute Gasteiger partial charge is 0.217 e. The quantitative estimate of drug-likeness (QED) is 0.367. The van der Waals surface area contributed by atoms with E-state index in [1.165, 1.54) is 77.0 Å². The third-order valence-electron chi connectivity index (χ3n) is 6.04. The number of nitrogens with two attached hydrogens (primary N) is 2. The van der Waals surface area contributed by atoms with E-state index in [2.05, 4.69) is 0 Å². The third-order valence-corrected chi connectivity index (χ3v) is 6.04. The Morgan fingerprint density at radius 3 is 1.19 bits per heavy atom. The molecular formula is C22H42N2O2. The zero-order valence-corrected chi connectivity index (χ0v) is 16.9. The van der Waals surface area contributed by atoms with Gasteiger partial charge < -0.3 is 11.5 Å². The normalized spacial score (nSPS) is 20.2. The fraction of sp³-hybridized carbons (Fsp3) is 0.909. The summed E-state index contributed by atoms with van der Waals surface area (Å²) in [7, 11) is 0. The van der Waals surface area contributed by atoms with Crippen LogP contribution in [0.4, 0.5) is 0 Å².